The molecule has 5 nitrogen and oxygen atoms in total. The molecule has 102 valence electrons. The predicted molar refractivity (Wildman–Crippen MR) is 78.5 cm³/mol. The monoisotopic (exact) mass is 326 g/mol. The summed E-state index contributed by atoms with van der Waals surface area (Å²) >= 11 is 3.18. The quantitative estimate of drug-likeness (QED) is 0.922. The number of halogens is 1. The van der Waals surface area contributed by atoms with E-state index in [1.807, 2.05) is 0 Å². The van der Waals surface area contributed by atoms with Crippen molar-refractivity contribution in [3.63, 3.8) is 0 Å². The molecule has 1 aromatic heterocycles. The Kier molecular flexibility index (Phi) is 4.21. The van der Waals surface area contributed by atoms with Gasteiger partial charge in [0.05, 0.1) is 11.3 Å². The summed E-state index contributed by atoms with van der Waals surface area (Å²) in [6, 6.07) is -0.124. The molecule has 0 saturated carbocycles. The van der Waals surface area contributed by atoms with Crippen LogP contribution in [0.3, 0.4) is 0 Å². The molecule has 1 N–H and O–H groups in total. The summed E-state index contributed by atoms with van der Waals surface area (Å²) in [6.07, 6.45) is 2.76. The van der Waals surface area contributed by atoms with E-state index in [0.29, 0.717) is 41.8 Å². The van der Waals surface area contributed by atoms with Gasteiger partial charge in [-0.3, -0.25) is 9.36 Å². The van der Waals surface area contributed by atoms with Crippen LogP contribution in [-0.4, -0.2) is 22.8 Å². The molecule has 0 aromatic carbocycles. The Labute approximate surface area is 118 Å². The Morgan fingerprint density at radius 2 is 2.05 bits per heavy atom. The van der Waals surface area contributed by atoms with Crippen molar-refractivity contribution >= 4 is 26.5 Å². The van der Waals surface area contributed by atoms with Gasteiger partial charge in [0.2, 0.25) is 0 Å². The molecule has 0 unspecified atom stereocenters. The number of H-pyrrole nitrogens is 1. The van der Waals surface area contributed by atoms with Gasteiger partial charge in [-0.1, -0.05) is 19.2 Å². The molecule has 0 spiro atoms. The van der Waals surface area contributed by atoms with Gasteiger partial charge in [-0.25, -0.2) is 4.79 Å². The lowest BCUT2D eigenvalue weighted by molar-refractivity contribution is 0.0674. The smallest absolute Gasteiger partial charge is 0.329 e. The van der Waals surface area contributed by atoms with Crippen molar-refractivity contribution in [2.24, 2.45) is 0 Å². The lowest BCUT2D eigenvalue weighted by Gasteiger charge is -2.24. The molecule has 0 bridgehead atoms. The van der Waals surface area contributed by atoms with Gasteiger partial charge in [-0.05, 0) is 28.8 Å². The Balaban J connectivity index is 2.63. The SMILES string of the molecule is C=Cc1c(C(=C)Br)[nH]c(=O)n(C2CCOCC2)c1=O. The van der Waals surface area contributed by atoms with E-state index in [9.17, 15) is 9.59 Å². The summed E-state index contributed by atoms with van der Waals surface area (Å²) in [7, 11) is 0. The zero-order chi connectivity index (χ0) is 14.0. The van der Waals surface area contributed by atoms with Gasteiger partial charge in [0.1, 0.15) is 0 Å². The van der Waals surface area contributed by atoms with E-state index < -0.39 is 5.69 Å². The molecule has 2 rings (SSSR count). The Bertz CT molecular complexity index is 624. The number of rotatable bonds is 3. The number of nitrogens with one attached hydrogen (secondary N) is 1. The molecule has 0 atom stereocenters. The first kappa shape index (κ1) is 14.0. The number of hydrogen-bond acceptors (Lipinski definition) is 3. The van der Waals surface area contributed by atoms with E-state index in [0.717, 1.165) is 0 Å². The molecule has 1 aliphatic rings. The highest BCUT2D eigenvalue weighted by molar-refractivity contribution is 9.15. The summed E-state index contributed by atoms with van der Waals surface area (Å²) in [4.78, 5) is 27.2. The highest BCUT2D eigenvalue weighted by Gasteiger charge is 2.22. The predicted octanol–water partition coefficient (Wildman–Crippen LogP) is 1.90. The average Bonchev–Trinajstić information content (AvgIpc) is 2.39. The van der Waals surface area contributed by atoms with Crippen molar-refractivity contribution in [1.82, 2.24) is 9.55 Å². The maximum absolute atomic E-state index is 12.4. The van der Waals surface area contributed by atoms with E-state index in [-0.39, 0.29) is 11.6 Å². The minimum atomic E-state index is -0.418. The topological polar surface area (TPSA) is 64.1 Å². The fourth-order valence-corrected chi connectivity index (χ4v) is 2.55. The maximum Gasteiger partial charge on any atom is 0.329 e. The lowest BCUT2D eigenvalue weighted by Crippen LogP contribution is -2.41. The van der Waals surface area contributed by atoms with Crippen molar-refractivity contribution < 1.29 is 4.74 Å². The number of aromatic amines is 1. The normalized spacial score (nSPS) is 16.3. The largest absolute Gasteiger partial charge is 0.381 e. The van der Waals surface area contributed by atoms with Crippen LogP contribution in [0.2, 0.25) is 0 Å². The second kappa shape index (κ2) is 5.71. The summed E-state index contributed by atoms with van der Waals surface area (Å²) in [5.41, 5.74) is -0.0133. The van der Waals surface area contributed by atoms with Gasteiger partial charge < -0.3 is 9.72 Å². The molecule has 6 heteroatoms. The van der Waals surface area contributed by atoms with Crippen LogP contribution in [0.25, 0.3) is 10.6 Å². The Morgan fingerprint density at radius 3 is 2.58 bits per heavy atom. The molecular formula is C13H15BrN2O3. The Hall–Kier alpha value is -1.40. The molecule has 1 aromatic rings. The Morgan fingerprint density at radius 1 is 1.42 bits per heavy atom. The zero-order valence-electron chi connectivity index (χ0n) is 10.4. The average molecular weight is 327 g/mol. The van der Waals surface area contributed by atoms with Crippen LogP contribution in [-0.2, 0) is 4.74 Å². The van der Waals surface area contributed by atoms with E-state index in [2.05, 4.69) is 34.1 Å². The summed E-state index contributed by atoms with van der Waals surface area (Å²) in [6.45, 7) is 8.44. The highest BCUT2D eigenvalue weighted by Crippen LogP contribution is 2.21. The van der Waals surface area contributed by atoms with Crippen molar-refractivity contribution in [3.8, 4) is 0 Å². The third kappa shape index (κ3) is 2.64. The number of ether oxygens (including phenoxy) is 1. The van der Waals surface area contributed by atoms with Crippen LogP contribution in [0.5, 0.6) is 0 Å². The minimum Gasteiger partial charge on any atom is -0.381 e. The van der Waals surface area contributed by atoms with E-state index in [1.165, 1.54) is 10.6 Å². The van der Waals surface area contributed by atoms with Gasteiger partial charge in [-0.2, -0.15) is 0 Å². The van der Waals surface area contributed by atoms with Crippen LogP contribution in [0.1, 0.15) is 30.1 Å². The standard InChI is InChI=1S/C13H15BrN2O3/c1-3-10-11(8(2)14)15-13(18)16(12(10)17)9-4-6-19-7-5-9/h3,9H,1-2,4-7H2,(H,15,18). The van der Waals surface area contributed by atoms with Crippen LogP contribution >= 0.6 is 15.9 Å². The van der Waals surface area contributed by atoms with Crippen LogP contribution in [0, 0.1) is 0 Å². The molecule has 0 amide bonds. The second-order valence-electron chi connectivity index (χ2n) is 4.35. The molecule has 0 aliphatic carbocycles. The minimum absolute atomic E-state index is 0.124. The third-order valence-electron chi connectivity index (χ3n) is 3.20. The first-order chi connectivity index (χ1) is 9.06. The van der Waals surface area contributed by atoms with Crippen molar-refractivity contribution in [3.05, 3.63) is 45.3 Å². The molecule has 0 radical (unpaired) electrons. The van der Waals surface area contributed by atoms with Gasteiger partial charge in [-0.15, -0.1) is 0 Å². The molecular weight excluding hydrogens is 312 g/mol. The van der Waals surface area contributed by atoms with Crippen molar-refractivity contribution in [2.45, 2.75) is 18.9 Å². The van der Waals surface area contributed by atoms with Crippen molar-refractivity contribution in [1.29, 1.82) is 0 Å². The maximum atomic E-state index is 12.4. The lowest BCUT2D eigenvalue weighted by atomic mass is 10.1. The number of hydrogen-bond donors (Lipinski definition) is 1. The molecule has 1 aliphatic heterocycles. The van der Waals surface area contributed by atoms with Crippen LogP contribution in [0.4, 0.5) is 0 Å². The zero-order valence-corrected chi connectivity index (χ0v) is 12.0. The van der Waals surface area contributed by atoms with E-state index >= 15 is 0 Å². The summed E-state index contributed by atoms with van der Waals surface area (Å²) in [5, 5.41) is 0. The van der Waals surface area contributed by atoms with E-state index in [1.54, 1.807) is 0 Å². The fourth-order valence-electron chi connectivity index (χ4n) is 2.24. The first-order valence-corrected chi connectivity index (χ1v) is 6.79. The van der Waals surface area contributed by atoms with Gasteiger partial charge in [0.15, 0.2) is 0 Å². The van der Waals surface area contributed by atoms with Gasteiger partial charge in [0.25, 0.3) is 5.56 Å². The molecule has 1 fully saturated rings. The first-order valence-electron chi connectivity index (χ1n) is 6.00. The van der Waals surface area contributed by atoms with Gasteiger partial charge >= 0.3 is 5.69 Å². The fraction of sp³-hybridized carbons (Fsp3) is 0.385. The number of aromatic nitrogens is 2. The summed E-state index contributed by atoms with van der Waals surface area (Å²) in [5.74, 6) is 0. The second-order valence-corrected chi connectivity index (χ2v) is 5.30. The van der Waals surface area contributed by atoms with Crippen LogP contribution in [0.15, 0.2) is 22.7 Å². The third-order valence-corrected chi connectivity index (χ3v) is 3.60. The van der Waals surface area contributed by atoms with Gasteiger partial charge in [0, 0.05) is 23.7 Å². The molecule has 19 heavy (non-hydrogen) atoms. The van der Waals surface area contributed by atoms with Crippen molar-refractivity contribution in [2.75, 3.05) is 13.2 Å². The van der Waals surface area contributed by atoms with E-state index in [4.69, 9.17) is 4.74 Å². The molecule has 2 heterocycles. The highest BCUT2D eigenvalue weighted by atomic mass is 79.9. The van der Waals surface area contributed by atoms with Crippen LogP contribution < -0.4 is 11.2 Å². The number of nitrogens with zero attached hydrogens (tertiary/aromatic N) is 1. The molecule has 1 saturated heterocycles. The summed E-state index contributed by atoms with van der Waals surface area (Å²) < 4.78 is 6.97.